The Balaban J connectivity index is 1.64. The molecule has 1 aliphatic heterocycles. The van der Waals surface area contributed by atoms with Gasteiger partial charge >= 0.3 is 0 Å². The van der Waals surface area contributed by atoms with Crippen molar-refractivity contribution in [2.24, 2.45) is 0 Å². The zero-order valence-corrected chi connectivity index (χ0v) is 15.5. The number of rotatable bonds is 6. The van der Waals surface area contributed by atoms with E-state index in [0.717, 1.165) is 43.1 Å². The van der Waals surface area contributed by atoms with E-state index < -0.39 is 0 Å². The first-order valence-electron chi connectivity index (χ1n) is 8.88. The minimum atomic E-state index is -0.293. The van der Waals surface area contributed by atoms with E-state index in [1.807, 2.05) is 30.0 Å². The number of benzene rings is 1. The second-order valence-electron chi connectivity index (χ2n) is 6.32. The molecule has 1 aromatic heterocycles. The number of anilines is 2. The van der Waals surface area contributed by atoms with E-state index in [1.165, 1.54) is 6.33 Å². The second kappa shape index (κ2) is 8.21. The first-order valence-corrected chi connectivity index (χ1v) is 8.88. The SMILES string of the molecule is CCc1ncnc(N2CCC(Nc3cc(OC)cc(OC)c3)CC2)c1F. The standard InChI is InChI=1S/C19H25FN4O2/c1-4-17-18(20)19(22-12-21-17)24-7-5-13(6-8-24)23-14-9-15(25-2)11-16(10-14)26-3/h9-13,23H,4-8H2,1-3H3. The monoisotopic (exact) mass is 360 g/mol. The van der Waals surface area contributed by atoms with Gasteiger partial charge in [0.05, 0.1) is 19.9 Å². The van der Waals surface area contributed by atoms with E-state index in [2.05, 4.69) is 15.3 Å². The van der Waals surface area contributed by atoms with Gasteiger partial charge in [-0.15, -0.1) is 0 Å². The summed E-state index contributed by atoms with van der Waals surface area (Å²) in [6, 6.07) is 6.05. The number of hydrogen-bond acceptors (Lipinski definition) is 6. The molecule has 0 bridgehead atoms. The quantitative estimate of drug-likeness (QED) is 0.853. The number of methoxy groups -OCH3 is 2. The Kier molecular flexibility index (Phi) is 5.75. The maximum absolute atomic E-state index is 14.5. The summed E-state index contributed by atoms with van der Waals surface area (Å²) in [6.07, 6.45) is 3.80. The number of aryl methyl sites for hydroxylation is 1. The number of nitrogens with one attached hydrogen (secondary N) is 1. The Morgan fingerprint density at radius 1 is 1.12 bits per heavy atom. The number of nitrogens with zero attached hydrogens (tertiary/aromatic N) is 3. The molecule has 1 N–H and O–H groups in total. The third kappa shape index (κ3) is 3.98. The number of aromatic nitrogens is 2. The summed E-state index contributed by atoms with van der Waals surface area (Å²) in [5.41, 5.74) is 1.43. The van der Waals surface area contributed by atoms with E-state index in [1.54, 1.807) is 14.2 Å². The molecule has 6 nitrogen and oxygen atoms in total. The molecule has 1 aliphatic rings. The van der Waals surface area contributed by atoms with Crippen molar-refractivity contribution in [2.75, 3.05) is 37.5 Å². The topological polar surface area (TPSA) is 59.5 Å². The molecular formula is C19H25FN4O2. The van der Waals surface area contributed by atoms with Crippen molar-refractivity contribution < 1.29 is 13.9 Å². The second-order valence-corrected chi connectivity index (χ2v) is 6.32. The van der Waals surface area contributed by atoms with Crippen molar-refractivity contribution in [3.63, 3.8) is 0 Å². The predicted molar refractivity (Wildman–Crippen MR) is 99.8 cm³/mol. The maximum atomic E-state index is 14.5. The molecule has 1 fully saturated rings. The van der Waals surface area contributed by atoms with Crippen LogP contribution in [0.25, 0.3) is 0 Å². The fourth-order valence-electron chi connectivity index (χ4n) is 3.22. The van der Waals surface area contributed by atoms with Crippen LogP contribution in [0.2, 0.25) is 0 Å². The van der Waals surface area contributed by atoms with E-state index in [-0.39, 0.29) is 5.82 Å². The summed E-state index contributed by atoms with van der Waals surface area (Å²) in [4.78, 5) is 10.2. The van der Waals surface area contributed by atoms with E-state index in [9.17, 15) is 4.39 Å². The van der Waals surface area contributed by atoms with E-state index in [4.69, 9.17) is 9.47 Å². The van der Waals surface area contributed by atoms with Gasteiger partial charge in [-0.1, -0.05) is 6.92 Å². The Hall–Kier alpha value is -2.57. The highest BCUT2D eigenvalue weighted by Gasteiger charge is 2.23. The van der Waals surface area contributed by atoms with E-state index in [0.29, 0.717) is 24.0 Å². The van der Waals surface area contributed by atoms with Gasteiger partial charge in [0.1, 0.15) is 17.8 Å². The lowest BCUT2D eigenvalue weighted by molar-refractivity contribution is 0.394. The summed E-state index contributed by atoms with van der Waals surface area (Å²) >= 11 is 0. The van der Waals surface area contributed by atoms with Crippen LogP contribution < -0.4 is 19.7 Å². The number of halogens is 1. The molecule has 0 unspecified atom stereocenters. The molecule has 2 aromatic rings. The van der Waals surface area contributed by atoms with Crippen LogP contribution in [0.4, 0.5) is 15.9 Å². The van der Waals surface area contributed by atoms with Gasteiger partial charge < -0.3 is 19.7 Å². The number of hydrogen-bond donors (Lipinski definition) is 1. The molecular weight excluding hydrogens is 335 g/mol. The Morgan fingerprint density at radius 3 is 2.35 bits per heavy atom. The third-order valence-electron chi connectivity index (χ3n) is 4.69. The van der Waals surface area contributed by atoms with Gasteiger partial charge in [0.15, 0.2) is 11.6 Å². The minimum absolute atomic E-state index is 0.293. The summed E-state index contributed by atoms with van der Waals surface area (Å²) in [5, 5.41) is 3.53. The fraction of sp³-hybridized carbons (Fsp3) is 0.474. The Bertz CT molecular complexity index is 726. The molecule has 0 atom stereocenters. The summed E-state index contributed by atoms with van der Waals surface area (Å²) in [6.45, 7) is 3.39. The van der Waals surface area contributed by atoms with Gasteiger partial charge in [-0.2, -0.15) is 0 Å². The lowest BCUT2D eigenvalue weighted by Gasteiger charge is -2.34. The fourth-order valence-corrected chi connectivity index (χ4v) is 3.22. The van der Waals surface area contributed by atoms with Crippen LogP contribution in [0.3, 0.4) is 0 Å². The highest BCUT2D eigenvalue weighted by atomic mass is 19.1. The normalized spacial score (nSPS) is 15.0. The van der Waals surface area contributed by atoms with Crippen molar-refractivity contribution in [1.29, 1.82) is 0 Å². The largest absolute Gasteiger partial charge is 0.497 e. The van der Waals surface area contributed by atoms with Crippen molar-refractivity contribution in [2.45, 2.75) is 32.2 Å². The highest BCUT2D eigenvalue weighted by molar-refractivity contribution is 5.54. The molecule has 26 heavy (non-hydrogen) atoms. The average molecular weight is 360 g/mol. The molecule has 0 amide bonds. The van der Waals surface area contributed by atoms with Gasteiger partial charge in [-0.25, -0.2) is 14.4 Å². The molecule has 0 saturated carbocycles. The predicted octanol–water partition coefficient (Wildman–Crippen LogP) is 3.28. The third-order valence-corrected chi connectivity index (χ3v) is 4.69. The van der Waals surface area contributed by atoms with Crippen molar-refractivity contribution in [3.05, 3.63) is 36.0 Å². The van der Waals surface area contributed by atoms with Gasteiger partial charge in [0.25, 0.3) is 0 Å². The lowest BCUT2D eigenvalue weighted by atomic mass is 10.0. The van der Waals surface area contributed by atoms with Crippen LogP contribution in [0.15, 0.2) is 24.5 Å². The first kappa shape index (κ1) is 18.2. The summed E-state index contributed by atoms with van der Waals surface area (Å²) in [7, 11) is 3.27. The summed E-state index contributed by atoms with van der Waals surface area (Å²) < 4.78 is 25.1. The van der Waals surface area contributed by atoms with Crippen LogP contribution in [-0.2, 0) is 6.42 Å². The zero-order chi connectivity index (χ0) is 18.5. The molecule has 3 rings (SSSR count). The zero-order valence-electron chi connectivity index (χ0n) is 15.5. The smallest absolute Gasteiger partial charge is 0.187 e. The van der Waals surface area contributed by atoms with E-state index >= 15 is 0 Å². The number of piperidine rings is 1. The van der Waals surface area contributed by atoms with Crippen LogP contribution in [-0.4, -0.2) is 43.3 Å². The Labute approximate surface area is 153 Å². The average Bonchev–Trinajstić information content (AvgIpc) is 2.68. The summed E-state index contributed by atoms with van der Waals surface area (Å²) in [5.74, 6) is 1.62. The molecule has 0 aliphatic carbocycles. The molecule has 7 heteroatoms. The molecule has 140 valence electrons. The van der Waals surface area contributed by atoms with Crippen LogP contribution >= 0.6 is 0 Å². The molecule has 0 spiro atoms. The van der Waals surface area contributed by atoms with Crippen molar-refractivity contribution >= 4 is 11.5 Å². The van der Waals surface area contributed by atoms with Gasteiger partial charge in [0.2, 0.25) is 0 Å². The first-order chi connectivity index (χ1) is 12.6. The van der Waals surface area contributed by atoms with Crippen molar-refractivity contribution in [3.8, 4) is 11.5 Å². The van der Waals surface area contributed by atoms with Gasteiger partial charge in [0, 0.05) is 43.0 Å². The van der Waals surface area contributed by atoms with Gasteiger partial charge in [-0.05, 0) is 19.3 Å². The molecule has 2 heterocycles. The van der Waals surface area contributed by atoms with Crippen LogP contribution in [0.1, 0.15) is 25.5 Å². The molecule has 0 radical (unpaired) electrons. The lowest BCUT2D eigenvalue weighted by Crippen LogP contribution is -2.40. The van der Waals surface area contributed by atoms with Crippen LogP contribution in [0.5, 0.6) is 11.5 Å². The maximum Gasteiger partial charge on any atom is 0.187 e. The highest BCUT2D eigenvalue weighted by Crippen LogP contribution is 2.28. The van der Waals surface area contributed by atoms with Gasteiger partial charge in [-0.3, -0.25) is 0 Å². The molecule has 1 saturated heterocycles. The Morgan fingerprint density at radius 2 is 1.77 bits per heavy atom. The minimum Gasteiger partial charge on any atom is -0.497 e. The number of ether oxygens (including phenoxy) is 2. The molecule has 1 aromatic carbocycles. The van der Waals surface area contributed by atoms with Crippen molar-refractivity contribution in [1.82, 2.24) is 9.97 Å². The van der Waals surface area contributed by atoms with Crippen LogP contribution in [0, 0.1) is 5.82 Å².